The second kappa shape index (κ2) is 10.4. The van der Waals surface area contributed by atoms with E-state index >= 15 is 0 Å². The van der Waals surface area contributed by atoms with Gasteiger partial charge in [-0.3, -0.25) is 9.59 Å². The van der Waals surface area contributed by atoms with E-state index in [-0.39, 0.29) is 23.6 Å². The fraction of sp³-hybridized carbons (Fsp3) is 0.355. The van der Waals surface area contributed by atoms with Crippen molar-refractivity contribution in [2.24, 2.45) is 17.8 Å². The van der Waals surface area contributed by atoms with Crippen molar-refractivity contribution >= 4 is 51.2 Å². The summed E-state index contributed by atoms with van der Waals surface area (Å²) in [6.45, 7) is 2.14. The zero-order chi connectivity index (χ0) is 26.2. The molecule has 2 aliphatic rings. The van der Waals surface area contributed by atoms with Gasteiger partial charge in [0.05, 0.1) is 24.1 Å². The minimum Gasteiger partial charge on any atom is -0.495 e. The molecule has 0 unspecified atom stereocenters. The molecular weight excluding hydrogens is 496 g/mol. The second-order valence-corrected chi connectivity index (χ2v) is 11.6. The number of benzene rings is 3. The van der Waals surface area contributed by atoms with Crippen molar-refractivity contribution < 1.29 is 18.7 Å². The van der Waals surface area contributed by atoms with Gasteiger partial charge in [0.15, 0.2) is 0 Å². The van der Waals surface area contributed by atoms with E-state index in [1.807, 2.05) is 48.5 Å². The van der Waals surface area contributed by atoms with E-state index in [9.17, 15) is 9.59 Å². The van der Waals surface area contributed by atoms with Crippen LogP contribution in [0.25, 0.3) is 21.9 Å². The lowest BCUT2D eigenvalue weighted by Gasteiger charge is -2.28. The Kier molecular flexibility index (Phi) is 6.78. The van der Waals surface area contributed by atoms with Crippen LogP contribution in [0.4, 0.5) is 5.69 Å². The highest BCUT2D eigenvalue weighted by atomic mass is 32.2. The Hall–Kier alpha value is -3.45. The van der Waals surface area contributed by atoms with E-state index in [1.54, 1.807) is 19.2 Å². The molecule has 6 rings (SSSR count). The maximum absolute atomic E-state index is 13.4. The highest BCUT2D eigenvalue weighted by molar-refractivity contribution is 8.00. The number of carbonyl (C=O) groups is 2. The molecule has 2 saturated carbocycles. The van der Waals surface area contributed by atoms with Gasteiger partial charge in [-0.25, -0.2) is 0 Å². The molecule has 1 heterocycles. The minimum atomic E-state index is -0.266. The first-order valence-corrected chi connectivity index (χ1v) is 14.3. The third-order valence-electron chi connectivity index (χ3n) is 8.26. The predicted molar refractivity (Wildman–Crippen MR) is 152 cm³/mol. The minimum absolute atomic E-state index is 0.0116. The number of hydrogen-bond donors (Lipinski definition) is 2. The molecule has 0 spiro atoms. The van der Waals surface area contributed by atoms with Gasteiger partial charge >= 0.3 is 0 Å². The van der Waals surface area contributed by atoms with Crippen LogP contribution in [0.2, 0.25) is 0 Å². The smallest absolute Gasteiger partial charge is 0.256 e. The third-order valence-corrected chi connectivity index (χ3v) is 9.33. The van der Waals surface area contributed by atoms with Crippen LogP contribution in [0.15, 0.2) is 70.0 Å². The number of rotatable bonds is 8. The number of carbonyl (C=O) groups excluding carboxylic acids is 2. The highest BCUT2D eigenvalue weighted by Gasteiger charge is 2.42. The molecule has 2 N–H and O–H groups in total. The number of furan rings is 1. The zero-order valence-corrected chi connectivity index (χ0v) is 22.5. The van der Waals surface area contributed by atoms with Crippen LogP contribution in [-0.4, -0.2) is 30.7 Å². The molecule has 0 radical (unpaired) electrons. The van der Waals surface area contributed by atoms with Crippen LogP contribution in [0.1, 0.15) is 43.0 Å². The van der Waals surface area contributed by atoms with Gasteiger partial charge in [-0.05, 0) is 68.2 Å². The lowest BCUT2D eigenvalue weighted by Crippen LogP contribution is -2.40. The molecular formula is C31H32N2O4S. The molecule has 0 aliphatic heterocycles. The van der Waals surface area contributed by atoms with Crippen molar-refractivity contribution in [1.82, 2.24) is 5.32 Å². The summed E-state index contributed by atoms with van der Waals surface area (Å²) in [6, 6.07) is 19.1. The number of methoxy groups -OCH3 is 1. The van der Waals surface area contributed by atoms with E-state index in [4.69, 9.17) is 9.15 Å². The summed E-state index contributed by atoms with van der Waals surface area (Å²) < 4.78 is 11.6. The second-order valence-electron chi connectivity index (χ2n) is 10.6. The largest absolute Gasteiger partial charge is 0.495 e. The first kappa shape index (κ1) is 24.9. The van der Waals surface area contributed by atoms with Crippen molar-refractivity contribution in [1.29, 1.82) is 0 Å². The van der Waals surface area contributed by atoms with Gasteiger partial charge in [-0.15, -0.1) is 11.8 Å². The number of nitrogens with one attached hydrogen (secondary N) is 2. The molecule has 0 saturated heterocycles. The van der Waals surface area contributed by atoms with Crippen LogP contribution in [0.5, 0.6) is 5.75 Å². The Morgan fingerprint density at radius 2 is 1.84 bits per heavy atom. The predicted octanol–water partition coefficient (Wildman–Crippen LogP) is 6.88. The van der Waals surface area contributed by atoms with Crippen LogP contribution >= 0.6 is 11.8 Å². The van der Waals surface area contributed by atoms with Gasteiger partial charge in [0.1, 0.15) is 16.9 Å². The van der Waals surface area contributed by atoms with Crippen molar-refractivity contribution in [3.63, 3.8) is 0 Å². The molecule has 2 aliphatic carbocycles. The topological polar surface area (TPSA) is 80.6 Å². The van der Waals surface area contributed by atoms with Gasteiger partial charge in [0.25, 0.3) is 5.91 Å². The summed E-state index contributed by atoms with van der Waals surface area (Å²) in [6.07, 6.45) is 5.23. The Balaban J connectivity index is 1.15. The number of hydrogen-bond acceptors (Lipinski definition) is 5. The van der Waals surface area contributed by atoms with Gasteiger partial charge in [0, 0.05) is 27.8 Å². The Bertz CT molecular complexity index is 1510. The fourth-order valence-electron chi connectivity index (χ4n) is 6.44. The Morgan fingerprint density at radius 3 is 2.63 bits per heavy atom. The van der Waals surface area contributed by atoms with Crippen LogP contribution < -0.4 is 15.4 Å². The Labute approximate surface area is 226 Å². The molecule has 6 nitrogen and oxygen atoms in total. The Morgan fingerprint density at radius 1 is 1.03 bits per heavy atom. The number of amides is 2. The summed E-state index contributed by atoms with van der Waals surface area (Å²) >= 11 is 1.39. The van der Waals surface area contributed by atoms with Crippen LogP contribution in [0.3, 0.4) is 0 Å². The number of anilines is 1. The van der Waals surface area contributed by atoms with Crippen molar-refractivity contribution in [3.8, 4) is 5.75 Å². The molecule has 1 aromatic heterocycles. The molecule has 4 atom stereocenters. The summed E-state index contributed by atoms with van der Waals surface area (Å²) in [5.74, 6) is 2.79. The molecule has 4 aromatic rings. The third kappa shape index (κ3) is 4.75. The van der Waals surface area contributed by atoms with E-state index in [2.05, 4.69) is 17.6 Å². The molecule has 2 amide bonds. The van der Waals surface area contributed by atoms with Crippen LogP contribution in [-0.2, 0) is 4.79 Å². The first-order chi connectivity index (χ1) is 18.5. The molecule has 2 bridgehead atoms. The molecule has 196 valence electrons. The van der Waals surface area contributed by atoms with Gasteiger partial charge in [-0.1, -0.05) is 36.8 Å². The summed E-state index contributed by atoms with van der Waals surface area (Å²) in [4.78, 5) is 26.9. The summed E-state index contributed by atoms with van der Waals surface area (Å²) in [5.41, 5.74) is 2.49. The van der Waals surface area contributed by atoms with E-state index in [1.165, 1.54) is 37.4 Å². The maximum atomic E-state index is 13.4. The van der Waals surface area contributed by atoms with Gasteiger partial charge < -0.3 is 19.8 Å². The maximum Gasteiger partial charge on any atom is 0.256 e. The standard InChI is InChI=1S/C31H32N2O4S/c1-18(23-14-19-11-12-20(23)13-19)32-30(34)17-38-29-10-6-4-8-22(29)31(35)33-25-16-27-24(15-28(25)36-2)21-7-3-5-9-26(21)37-27/h3-10,15-16,18-20,23H,11-14,17H2,1-2H3,(H,32,34)(H,33,35)/t18-,19-,20+,23-/m0/s1. The monoisotopic (exact) mass is 528 g/mol. The van der Waals surface area contributed by atoms with E-state index < -0.39 is 0 Å². The van der Waals surface area contributed by atoms with Crippen molar-refractivity contribution in [3.05, 3.63) is 66.2 Å². The lowest BCUT2D eigenvalue weighted by atomic mass is 9.84. The quantitative estimate of drug-likeness (QED) is 0.244. The van der Waals surface area contributed by atoms with E-state index in [0.29, 0.717) is 28.5 Å². The molecule has 3 aromatic carbocycles. The molecule has 2 fully saturated rings. The summed E-state index contributed by atoms with van der Waals surface area (Å²) in [5, 5.41) is 8.13. The number of ether oxygens (including phenoxy) is 1. The number of para-hydroxylation sites is 1. The average Bonchev–Trinajstić information content (AvgIpc) is 3.66. The van der Waals surface area contributed by atoms with Crippen molar-refractivity contribution in [2.45, 2.75) is 43.5 Å². The van der Waals surface area contributed by atoms with E-state index in [0.717, 1.165) is 33.1 Å². The number of thioether (sulfide) groups is 1. The lowest BCUT2D eigenvalue weighted by molar-refractivity contribution is -0.119. The SMILES string of the molecule is COc1cc2c(cc1NC(=O)c1ccccc1SCC(=O)N[C@@H](C)[C@@H]1C[C@H]3CC[C@@H]1C3)oc1ccccc12. The summed E-state index contributed by atoms with van der Waals surface area (Å²) in [7, 11) is 1.58. The van der Waals surface area contributed by atoms with Crippen molar-refractivity contribution in [2.75, 3.05) is 18.2 Å². The normalized spacial score (nSPS) is 21.1. The molecule has 38 heavy (non-hydrogen) atoms. The molecule has 7 heteroatoms. The highest BCUT2D eigenvalue weighted by Crippen LogP contribution is 2.49. The van der Waals surface area contributed by atoms with Crippen LogP contribution in [0, 0.1) is 17.8 Å². The fourth-order valence-corrected chi connectivity index (χ4v) is 7.30. The number of fused-ring (bicyclic) bond motifs is 5. The zero-order valence-electron chi connectivity index (χ0n) is 21.7. The van der Waals surface area contributed by atoms with Gasteiger partial charge in [0.2, 0.25) is 5.91 Å². The average molecular weight is 529 g/mol. The first-order valence-electron chi connectivity index (χ1n) is 13.3. The van der Waals surface area contributed by atoms with Gasteiger partial charge in [-0.2, -0.15) is 0 Å².